The lowest BCUT2D eigenvalue weighted by Gasteiger charge is -2.38. The van der Waals surface area contributed by atoms with Gasteiger partial charge in [0.1, 0.15) is 11.6 Å². The summed E-state index contributed by atoms with van der Waals surface area (Å²) in [6.45, 7) is 4.55. The fourth-order valence-electron chi connectivity index (χ4n) is 4.00. The number of aromatic nitrogens is 1. The topological polar surface area (TPSA) is 48.5 Å². The Bertz CT molecular complexity index is 941. The molecule has 1 fully saturated rings. The fraction of sp³-hybridized carbons (Fsp3) is 0.364. The van der Waals surface area contributed by atoms with Crippen LogP contribution in [0.5, 0.6) is 5.75 Å². The van der Waals surface area contributed by atoms with Crippen molar-refractivity contribution in [3.63, 3.8) is 0 Å². The molecule has 0 amide bonds. The van der Waals surface area contributed by atoms with Gasteiger partial charge in [-0.05, 0) is 61.2 Å². The first kappa shape index (κ1) is 18.0. The molecule has 0 saturated carbocycles. The van der Waals surface area contributed by atoms with Gasteiger partial charge in [0.15, 0.2) is 0 Å². The highest BCUT2D eigenvalue weighted by Crippen LogP contribution is 2.34. The van der Waals surface area contributed by atoms with Crippen molar-refractivity contribution in [2.24, 2.45) is 0 Å². The summed E-state index contributed by atoms with van der Waals surface area (Å²) in [5.74, 6) is 0.587. The van der Waals surface area contributed by atoms with E-state index in [4.69, 9.17) is 4.74 Å². The maximum atomic E-state index is 13.2. The summed E-state index contributed by atoms with van der Waals surface area (Å²) in [4.78, 5) is 5.87. The molecule has 1 aliphatic heterocycles. The van der Waals surface area contributed by atoms with Crippen molar-refractivity contribution >= 4 is 10.9 Å². The molecule has 2 aromatic carbocycles. The third-order valence-electron chi connectivity index (χ3n) is 5.82. The Morgan fingerprint density at radius 2 is 1.85 bits per heavy atom. The molecule has 1 saturated heterocycles. The number of methoxy groups -OCH3 is 1. The zero-order chi connectivity index (χ0) is 19.0. The molecular weight excluding hydrogens is 343 g/mol. The predicted octanol–water partition coefficient (Wildman–Crippen LogP) is 4.11. The number of ether oxygens (including phenoxy) is 1. The highest BCUT2D eigenvalue weighted by Gasteiger charge is 2.34. The molecule has 5 heteroatoms. The molecule has 0 bridgehead atoms. The monoisotopic (exact) mass is 368 g/mol. The zero-order valence-corrected chi connectivity index (χ0v) is 15.8. The molecule has 4 nitrogen and oxygen atoms in total. The molecule has 0 atom stereocenters. The molecule has 142 valence electrons. The molecule has 3 aromatic rings. The Morgan fingerprint density at radius 1 is 1.15 bits per heavy atom. The van der Waals surface area contributed by atoms with Crippen LogP contribution in [0, 0.1) is 12.7 Å². The van der Waals surface area contributed by atoms with Gasteiger partial charge in [-0.15, -0.1) is 0 Å². The van der Waals surface area contributed by atoms with Crippen LogP contribution >= 0.6 is 0 Å². The van der Waals surface area contributed by atoms with Crippen LogP contribution < -0.4 is 4.74 Å². The first-order valence-corrected chi connectivity index (χ1v) is 9.34. The number of aliphatic hydroxyl groups is 1. The molecule has 0 spiro atoms. The van der Waals surface area contributed by atoms with Crippen molar-refractivity contribution in [3.8, 4) is 5.75 Å². The Balaban J connectivity index is 1.47. The standard InChI is InChI=1S/C22H25FN2O2/c1-15-19-13-18(27-2)7-8-20(19)24-21(15)14-25-11-9-22(26,10-12-25)16-3-5-17(23)6-4-16/h3-8,13,24,26H,9-12,14H2,1-2H3. The van der Waals surface area contributed by atoms with Crippen LogP contribution in [0.3, 0.4) is 0 Å². The number of nitrogens with zero attached hydrogens (tertiary/aromatic N) is 1. The summed E-state index contributed by atoms with van der Waals surface area (Å²) in [7, 11) is 1.68. The van der Waals surface area contributed by atoms with Gasteiger partial charge in [-0.2, -0.15) is 0 Å². The van der Waals surface area contributed by atoms with E-state index >= 15 is 0 Å². The summed E-state index contributed by atoms with van der Waals surface area (Å²) < 4.78 is 18.5. The molecule has 2 N–H and O–H groups in total. The second-order valence-electron chi connectivity index (χ2n) is 7.45. The number of hydrogen-bond donors (Lipinski definition) is 2. The van der Waals surface area contributed by atoms with E-state index in [9.17, 15) is 9.50 Å². The number of H-pyrrole nitrogens is 1. The van der Waals surface area contributed by atoms with Gasteiger partial charge >= 0.3 is 0 Å². The fourth-order valence-corrected chi connectivity index (χ4v) is 4.00. The largest absolute Gasteiger partial charge is 0.497 e. The average molecular weight is 368 g/mol. The van der Waals surface area contributed by atoms with Crippen LogP contribution in [-0.4, -0.2) is 35.2 Å². The van der Waals surface area contributed by atoms with Crippen molar-refractivity contribution < 1.29 is 14.2 Å². The van der Waals surface area contributed by atoms with E-state index in [0.29, 0.717) is 12.8 Å². The van der Waals surface area contributed by atoms with Crippen LogP contribution in [0.1, 0.15) is 29.7 Å². The second-order valence-corrected chi connectivity index (χ2v) is 7.45. The Labute approximate surface area is 158 Å². The maximum absolute atomic E-state index is 13.2. The third-order valence-corrected chi connectivity index (χ3v) is 5.82. The van der Waals surface area contributed by atoms with Gasteiger partial charge in [-0.3, -0.25) is 4.90 Å². The second kappa shape index (κ2) is 6.98. The van der Waals surface area contributed by atoms with Gasteiger partial charge in [-0.25, -0.2) is 4.39 Å². The smallest absolute Gasteiger partial charge is 0.123 e. The number of nitrogens with one attached hydrogen (secondary N) is 1. The van der Waals surface area contributed by atoms with Crippen LogP contribution in [0.25, 0.3) is 10.9 Å². The molecule has 0 aliphatic carbocycles. The van der Waals surface area contributed by atoms with Gasteiger partial charge in [0, 0.05) is 36.2 Å². The molecule has 2 heterocycles. The van der Waals surface area contributed by atoms with Crippen LogP contribution in [0.15, 0.2) is 42.5 Å². The van der Waals surface area contributed by atoms with Gasteiger partial charge < -0.3 is 14.8 Å². The van der Waals surface area contributed by atoms with Gasteiger partial charge in [0.2, 0.25) is 0 Å². The lowest BCUT2D eigenvalue weighted by molar-refractivity contribution is -0.0280. The van der Waals surface area contributed by atoms with E-state index in [1.54, 1.807) is 19.2 Å². The van der Waals surface area contributed by atoms with Crippen molar-refractivity contribution in [2.45, 2.75) is 31.9 Å². The Morgan fingerprint density at radius 3 is 2.52 bits per heavy atom. The summed E-state index contributed by atoms with van der Waals surface area (Å²) >= 11 is 0. The SMILES string of the molecule is COc1ccc2[nH]c(CN3CCC(O)(c4ccc(F)cc4)CC3)c(C)c2c1. The van der Waals surface area contributed by atoms with Crippen molar-refractivity contribution in [3.05, 3.63) is 65.1 Å². The van der Waals surface area contributed by atoms with Crippen molar-refractivity contribution in [1.82, 2.24) is 9.88 Å². The van der Waals surface area contributed by atoms with E-state index in [-0.39, 0.29) is 5.82 Å². The number of benzene rings is 2. The minimum Gasteiger partial charge on any atom is -0.497 e. The minimum absolute atomic E-state index is 0.272. The van der Waals surface area contributed by atoms with E-state index in [1.807, 2.05) is 12.1 Å². The molecule has 4 rings (SSSR count). The number of halogens is 1. The Kier molecular flexibility index (Phi) is 4.66. The van der Waals surface area contributed by atoms with Crippen LogP contribution in [0.4, 0.5) is 4.39 Å². The molecule has 1 aromatic heterocycles. The molecule has 1 aliphatic rings. The summed E-state index contributed by atoms with van der Waals surface area (Å²) in [5, 5.41) is 12.2. The zero-order valence-electron chi connectivity index (χ0n) is 15.8. The van der Waals surface area contributed by atoms with E-state index in [1.165, 1.54) is 28.8 Å². The molecule has 27 heavy (non-hydrogen) atoms. The van der Waals surface area contributed by atoms with Crippen molar-refractivity contribution in [2.75, 3.05) is 20.2 Å². The first-order chi connectivity index (χ1) is 13.0. The molecule has 0 unspecified atom stereocenters. The van der Waals surface area contributed by atoms with E-state index in [0.717, 1.165) is 36.5 Å². The predicted molar refractivity (Wildman–Crippen MR) is 104 cm³/mol. The number of likely N-dealkylation sites (tertiary alicyclic amines) is 1. The normalized spacial score (nSPS) is 17.3. The lowest BCUT2D eigenvalue weighted by Crippen LogP contribution is -2.42. The highest BCUT2D eigenvalue weighted by molar-refractivity contribution is 5.85. The summed E-state index contributed by atoms with van der Waals surface area (Å²) in [5.41, 5.74) is 3.49. The van der Waals surface area contributed by atoms with Crippen molar-refractivity contribution in [1.29, 1.82) is 0 Å². The number of fused-ring (bicyclic) bond motifs is 1. The third kappa shape index (κ3) is 3.45. The summed E-state index contributed by atoms with van der Waals surface area (Å²) in [6, 6.07) is 12.3. The van der Waals surface area contributed by atoms with Gasteiger partial charge in [-0.1, -0.05) is 12.1 Å². The van der Waals surface area contributed by atoms with Crippen LogP contribution in [-0.2, 0) is 12.1 Å². The van der Waals surface area contributed by atoms with Gasteiger partial charge in [0.25, 0.3) is 0 Å². The van der Waals surface area contributed by atoms with Gasteiger partial charge in [0.05, 0.1) is 12.7 Å². The number of piperidine rings is 1. The van der Waals surface area contributed by atoms with E-state index < -0.39 is 5.60 Å². The van der Waals surface area contributed by atoms with E-state index in [2.05, 4.69) is 22.9 Å². The Hall–Kier alpha value is -2.37. The number of aryl methyl sites for hydroxylation is 1. The molecular formula is C22H25FN2O2. The molecule has 0 radical (unpaired) electrons. The number of rotatable bonds is 4. The first-order valence-electron chi connectivity index (χ1n) is 9.34. The number of aromatic amines is 1. The lowest BCUT2D eigenvalue weighted by atomic mass is 9.84. The maximum Gasteiger partial charge on any atom is 0.123 e. The summed E-state index contributed by atoms with van der Waals surface area (Å²) in [6.07, 6.45) is 1.29. The highest BCUT2D eigenvalue weighted by atomic mass is 19.1. The number of hydrogen-bond acceptors (Lipinski definition) is 3. The average Bonchev–Trinajstić information content (AvgIpc) is 2.99. The van der Waals surface area contributed by atoms with Crippen LogP contribution in [0.2, 0.25) is 0 Å². The minimum atomic E-state index is -0.868. The quantitative estimate of drug-likeness (QED) is 0.729.